The third-order valence-electron chi connectivity index (χ3n) is 3.32. The lowest BCUT2D eigenvalue weighted by molar-refractivity contribution is 0.0632. The molecule has 1 aliphatic heterocycles. The van der Waals surface area contributed by atoms with Crippen molar-refractivity contribution >= 4 is 31.8 Å². The molecule has 0 aliphatic carbocycles. The number of rotatable bonds is 4. The number of hydrogen-bond acceptors (Lipinski definition) is 6. The lowest BCUT2D eigenvalue weighted by Gasteiger charge is -2.30. The number of halogens is 1. The highest BCUT2D eigenvalue weighted by molar-refractivity contribution is 9.10. The average molecular weight is 365 g/mol. The number of nitrogen functional groups attached to an aromatic ring is 1. The summed E-state index contributed by atoms with van der Waals surface area (Å²) in [5.41, 5.74) is 2.32. The number of nitrogens with two attached hydrogens (primary N) is 1. The smallest absolute Gasteiger partial charge is 0.246 e. The highest BCUT2D eigenvalue weighted by Gasteiger charge is 2.31. The van der Waals surface area contributed by atoms with Crippen LogP contribution in [-0.4, -0.2) is 44.0 Å². The van der Waals surface area contributed by atoms with Crippen LogP contribution in [0.2, 0.25) is 0 Å². The summed E-state index contributed by atoms with van der Waals surface area (Å²) in [5, 5.41) is 0. The Morgan fingerprint density at radius 2 is 2.15 bits per heavy atom. The van der Waals surface area contributed by atoms with Gasteiger partial charge in [-0.3, -0.25) is 0 Å². The van der Waals surface area contributed by atoms with Crippen LogP contribution >= 0.6 is 15.9 Å². The number of hydrogen-bond donors (Lipinski definition) is 2. The minimum Gasteiger partial charge on any atom is -0.381 e. The fraction of sp³-hybridized carbons (Fsp3) is 0.545. The van der Waals surface area contributed by atoms with Crippen molar-refractivity contribution in [3.05, 3.63) is 16.7 Å². The first kappa shape index (κ1) is 15.6. The monoisotopic (exact) mass is 364 g/mol. The lowest BCUT2D eigenvalue weighted by atomic mass is 10.1. The molecule has 1 aromatic rings. The maximum absolute atomic E-state index is 12.7. The van der Waals surface area contributed by atoms with Crippen LogP contribution in [0, 0.1) is 0 Å². The maximum atomic E-state index is 12.7. The first-order valence-corrected chi connectivity index (χ1v) is 8.38. The van der Waals surface area contributed by atoms with Gasteiger partial charge in [0.15, 0.2) is 5.82 Å². The van der Waals surface area contributed by atoms with Gasteiger partial charge in [0.1, 0.15) is 4.90 Å². The number of nitrogens with one attached hydrogen (secondary N) is 1. The predicted molar refractivity (Wildman–Crippen MR) is 78.5 cm³/mol. The van der Waals surface area contributed by atoms with Gasteiger partial charge in [0.2, 0.25) is 10.0 Å². The summed E-state index contributed by atoms with van der Waals surface area (Å²) < 4.78 is 32.6. The first-order valence-electron chi connectivity index (χ1n) is 6.14. The van der Waals surface area contributed by atoms with Crippen LogP contribution in [0.15, 0.2) is 21.6 Å². The molecule has 0 bridgehead atoms. The molecule has 9 heteroatoms. The maximum Gasteiger partial charge on any atom is 0.246 e. The van der Waals surface area contributed by atoms with Crippen molar-refractivity contribution in [1.82, 2.24) is 9.29 Å². The van der Waals surface area contributed by atoms with Crippen LogP contribution in [0.5, 0.6) is 0 Å². The molecular formula is C11H17BrN4O3S. The number of pyridine rings is 1. The molecule has 0 radical (unpaired) electrons. The first-order chi connectivity index (χ1) is 9.46. The number of sulfonamides is 1. The number of anilines is 1. The van der Waals surface area contributed by atoms with Gasteiger partial charge in [-0.15, -0.1) is 0 Å². The molecule has 0 spiro atoms. The van der Waals surface area contributed by atoms with E-state index >= 15 is 0 Å². The molecule has 1 aromatic heterocycles. The van der Waals surface area contributed by atoms with Crippen molar-refractivity contribution in [2.75, 3.05) is 25.7 Å². The topological polar surface area (TPSA) is 97.5 Å². The average Bonchev–Trinajstić information content (AvgIpc) is 2.47. The van der Waals surface area contributed by atoms with E-state index in [0.29, 0.717) is 30.5 Å². The summed E-state index contributed by atoms with van der Waals surface area (Å²) in [4.78, 5) is 4.04. The molecule has 2 heterocycles. The van der Waals surface area contributed by atoms with Crippen LogP contribution in [0.1, 0.15) is 12.8 Å². The Labute approximate surface area is 126 Å². The fourth-order valence-electron chi connectivity index (χ4n) is 2.13. The molecule has 0 atom stereocenters. The van der Waals surface area contributed by atoms with E-state index in [1.807, 2.05) is 0 Å². The van der Waals surface area contributed by atoms with Crippen molar-refractivity contribution < 1.29 is 13.2 Å². The van der Waals surface area contributed by atoms with E-state index < -0.39 is 10.0 Å². The van der Waals surface area contributed by atoms with Gasteiger partial charge in [0.25, 0.3) is 0 Å². The molecule has 7 nitrogen and oxygen atoms in total. The van der Waals surface area contributed by atoms with Crippen molar-refractivity contribution in [2.45, 2.75) is 23.8 Å². The number of aromatic nitrogens is 1. The number of nitrogens with zero attached hydrogens (tertiary/aromatic N) is 2. The van der Waals surface area contributed by atoms with E-state index in [1.165, 1.54) is 16.6 Å². The van der Waals surface area contributed by atoms with Crippen molar-refractivity contribution in [3.8, 4) is 0 Å². The third-order valence-corrected chi connectivity index (χ3v) is 5.68. The molecule has 3 N–H and O–H groups in total. The molecule has 112 valence electrons. The second-order valence-electron chi connectivity index (χ2n) is 4.51. The van der Waals surface area contributed by atoms with Crippen molar-refractivity contribution in [3.63, 3.8) is 0 Å². The summed E-state index contributed by atoms with van der Waals surface area (Å²) in [6.45, 7) is 1.15. The Morgan fingerprint density at radius 3 is 2.75 bits per heavy atom. The zero-order valence-electron chi connectivity index (χ0n) is 11.0. The molecule has 1 fully saturated rings. The Balaban J connectivity index is 2.36. The van der Waals surface area contributed by atoms with Crippen LogP contribution in [0.4, 0.5) is 5.82 Å². The standard InChI is InChI=1S/C11H17BrN4O3S/c1-16(9-2-4-19-5-3-9)20(17,18)10-6-8(12)7-14-11(10)15-13/h6-7,9H,2-5,13H2,1H3,(H,14,15). The predicted octanol–water partition coefficient (Wildman–Crippen LogP) is 0.929. The lowest BCUT2D eigenvalue weighted by Crippen LogP contribution is -2.41. The second-order valence-corrected chi connectivity index (χ2v) is 7.39. The van der Waals surface area contributed by atoms with Gasteiger partial charge in [0, 0.05) is 37.0 Å². The molecule has 0 unspecified atom stereocenters. The van der Waals surface area contributed by atoms with E-state index in [2.05, 4.69) is 26.3 Å². The SMILES string of the molecule is CN(C1CCOCC1)S(=O)(=O)c1cc(Br)cnc1NN. The van der Waals surface area contributed by atoms with Crippen LogP contribution in [0.3, 0.4) is 0 Å². The molecule has 0 saturated carbocycles. The molecule has 20 heavy (non-hydrogen) atoms. The fourth-order valence-corrected chi connectivity index (χ4v) is 4.15. The van der Waals surface area contributed by atoms with Gasteiger partial charge in [-0.05, 0) is 34.8 Å². The summed E-state index contributed by atoms with van der Waals surface area (Å²) in [6.07, 6.45) is 2.85. The Kier molecular flexibility index (Phi) is 4.97. The van der Waals surface area contributed by atoms with Crippen LogP contribution in [-0.2, 0) is 14.8 Å². The van der Waals surface area contributed by atoms with Gasteiger partial charge >= 0.3 is 0 Å². The minimum absolute atomic E-state index is 0.0587. The van der Waals surface area contributed by atoms with Crippen LogP contribution < -0.4 is 11.3 Å². The van der Waals surface area contributed by atoms with E-state index in [1.54, 1.807) is 7.05 Å². The summed E-state index contributed by atoms with van der Waals surface area (Å²) in [6, 6.07) is 1.42. The van der Waals surface area contributed by atoms with Crippen LogP contribution in [0.25, 0.3) is 0 Å². The highest BCUT2D eigenvalue weighted by Crippen LogP contribution is 2.27. The van der Waals surface area contributed by atoms with Crippen molar-refractivity contribution in [2.24, 2.45) is 5.84 Å². The number of ether oxygens (including phenoxy) is 1. The van der Waals surface area contributed by atoms with Gasteiger partial charge < -0.3 is 10.2 Å². The zero-order chi connectivity index (χ0) is 14.8. The molecule has 1 aliphatic rings. The second kappa shape index (κ2) is 6.35. The molecular weight excluding hydrogens is 348 g/mol. The van der Waals surface area contributed by atoms with Gasteiger partial charge in [-0.25, -0.2) is 19.2 Å². The number of hydrazine groups is 1. The zero-order valence-corrected chi connectivity index (χ0v) is 13.4. The van der Waals surface area contributed by atoms with E-state index in [4.69, 9.17) is 10.6 Å². The van der Waals surface area contributed by atoms with E-state index in [0.717, 1.165) is 0 Å². The Hall–Kier alpha value is -0.740. The molecule has 1 saturated heterocycles. The normalized spacial score (nSPS) is 17.4. The Morgan fingerprint density at radius 1 is 1.50 bits per heavy atom. The summed E-state index contributed by atoms with van der Waals surface area (Å²) >= 11 is 3.23. The quantitative estimate of drug-likeness (QED) is 0.609. The largest absolute Gasteiger partial charge is 0.381 e. The van der Waals surface area contributed by atoms with Gasteiger partial charge in [0.05, 0.1) is 0 Å². The van der Waals surface area contributed by atoms with E-state index in [9.17, 15) is 8.42 Å². The van der Waals surface area contributed by atoms with E-state index in [-0.39, 0.29) is 16.8 Å². The molecule has 2 rings (SSSR count). The third kappa shape index (κ3) is 3.12. The Bertz CT molecular complexity index is 575. The summed E-state index contributed by atoms with van der Waals surface area (Å²) in [5.74, 6) is 5.48. The minimum atomic E-state index is -3.66. The summed E-state index contributed by atoms with van der Waals surface area (Å²) in [7, 11) is -2.09. The van der Waals surface area contributed by atoms with Crippen molar-refractivity contribution in [1.29, 1.82) is 0 Å². The molecule has 0 amide bonds. The highest BCUT2D eigenvalue weighted by atomic mass is 79.9. The van der Waals surface area contributed by atoms with Gasteiger partial charge in [-0.2, -0.15) is 4.31 Å². The van der Waals surface area contributed by atoms with Gasteiger partial charge in [-0.1, -0.05) is 0 Å². The molecule has 0 aromatic carbocycles.